The Bertz CT molecular complexity index is 566. The van der Waals surface area contributed by atoms with Gasteiger partial charge in [-0.3, -0.25) is 0 Å². The molecule has 0 saturated carbocycles. The number of hydrogen-bond donors (Lipinski definition) is 1. The number of rotatable bonds is 3. The van der Waals surface area contributed by atoms with E-state index >= 15 is 0 Å². The molecule has 2 N–H and O–H groups in total. The molecule has 0 heterocycles. The summed E-state index contributed by atoms with van der Waals surface area (Å²) in [6.45, 7) is 4.55. The van der Waals surface area contributed by atoms with E-state index in [2.05, 4.69) is 22.0 Å². The molecule has 0 atom stereocenters. The fraction of sp³-hybridized carbons (Fsp3) is 0.200. The van der Waals surface area contributed by atoms with Gasteiger partial charge >= 0.3 is 0 Å². The average molecular weight is 306 g/mol. The smallest absolute Gasteiger partial charge is 0.123 e. The van der Waals surface area contributed by atoms with E-state index in [0.29, 0.717) is 6.61 Å². The Balaban J connectivity index is 2.13. The summed E-state index contributed by atoms with van der Waals surface area (Å²) in [4.78, 5) is 0. The van der Waals surface area contributed by atoms with Crippen molar-refractivity contribution in [2.45, 2.75) is 20.5 Å². The average Bonchev–Trinajstić information content (AvgIpc) is 2.32. The number of aryl methyl sites for hydroxylation is 2. The first-order chi connectivity index (χ1) is 8.56. The van der Waals surface area contributed by atoms with Gasteiger partial charge in [-0.2, -0.15) is 0 Å². The molecule has 2 rings (SSSR count). The van der Waals surface area contributed by atoms with Gasteiger partial charge in [0.15, 0.2) is 0 Å². The van der Waals surface area contributed by atoms with Crippen molar-refractivity contribution in [2.75, 3.05) is 5.73 Å². The zero-order chi connectivity index (χ0) is 13.1. The van der Waals surface area contributed by atoms with Crippen LogP contribution in [-0.2, 0) is 6.61 Å². The predicted molar refractivity (Wildman–Crippen MR) is 78.8 cm³/mol. The van der Waals surface area contributed by atoms with E-state index in [1.165, 1.54) is 0 Å². The number of anilines is 1. The Morgan fingerprint density at radius 1 is 1.11 bits per heavy atom. The van der Waals surface area contributed by atoms with Crippen LogP contribution in [0.25, 0.3) is 0 Å². The van der Waals surface area contributed by atoms with Crippen molar-refractivity contribution in [1.29, 1.82) is 0 Å². The molecule has 2 aromatic rings. The van der Waals surface area contributed by atoms with Gasteiger partial charge in [-0.15, -0.1) is 0 Å². The summed E-state index contributed by atoms with van der Waals surface area (Å²) in [6, 6.07) is 12.0. The summed E-state index contributed by atoms with van der Waals surface area (Å²) in [5.41, 5.74) is 9.91. The Hall–Kier alpha value is -1.48. The largest absolute Gasteiger partial charge is 0.489 e. The van der Waals surface area contributed by atoms with Crippen LogP contribution in [0.5, 0.6) is 5.75 Å². The maximum absolute atomic E-state index is 5.85. The number of ether oxygens (including phenoxy) is 1. The first kappa shape index (κ1) is 13.0. The predicted octanol–water partition coefficient (Wildman–Crippen LogP) is 4.23. The summed E-state index contributed by atoms with van der Waals surface area (Å²) in [7, 11) is 0. The van der Waals surface area contributed by atoms with Gasteiger partial charge in [0.2, 0.25) is 0 Å². The molecule has 94 valence electrons. The van der Waals surface area contributed by atoms with Crippen LogP contribution in [-0.4, -0.2) is 0 Å². The van der Waals surface area contributed by atoms with Crippen molar-refractivity contribution in [2.24, 2.45) is 0 Å². The van der Waals surface area contributed by atoms with Gasteiger partial charge in [0.1, 0.15) is 12.4 Å². The van der Waals surface area contributed by atoms with E-state index in [-0.39, 0.29) is 0 Å². The first-order valence-electron chi connectivity index (χ1n) is 5.80. The molecule has 0 spiro atoms. The Kier molecular flexibility index (Phi) is 3.92. The third-order valence-corrected chi connectivity index (χ3v) is 3.34. The lowest BCUT2D eigenvalue weighted by Gasteiger charge is -2.11. The lowest BCUT2D eigenvalue weighted by molar-refractivity contribution is 0.304. The fourth-order valence-electron chi connectivity index (χ4n) is 1.76. The minimum Gasteiger partial charge on any atom is -0.489 e. The summed E-state index contributed by atoms with van der Waals surface area (Å²) in [5, 5.41) is 0. The van der Waals surface area contributed by atoms with Crippen molar-refractivity contribution < 1.29 is 4.74 Å². The van der Waals surface area contributed by atoms with Crippen LogP contribution < -0.4 is 10.5 Å². The molecule has 0 amide bonds. The normalized spacial score (nSPS) is 10.4. The third kappa shape index (κ3) is 3.05. The quantitative estimate of drug-likeness (QED) is 0.861. The second kappa shape index (κ2) is 5.44. The SMILES string of the molecule is Cc1cc(OCc2cccc(Br)c2)c(C)cc1N. The van der Waals surface area contributed by atoms with Crippen LogP contribution in [0.4, 0.5) is 5.69 Å². The molecule has 0 unspecified atom stereocenters. The van der Waals surface area contributed by atoms with Crippen molar-refractivity contribution in [1.82, 2.24) is 0 Å². The monoisotopic (exact) mass is 305 g/mol. The highest BCUT2D eigenvalue weighted by atomic mass is 79.9. The van der Waals surface area contributed by atoms with Gasteiger partial charge in [-0.25, -0.2) is 0 Å². The molecule has 0 aliphatic heterocycles. The Morgan fingerprint density at radius 3 is 2.61 bits per heavy atom. The third-order valence-electron chi connectivity index (χ3n) is 2.85. The van der Waals surface area contributed by atoms with Crippen LogP contribution in [0, 0.1) is 13.8 Å². The van der Waals surface area contributed by atoms with E-state index in [4.69, 9.17) is 10.5 Å². The molecule has 0 bridgehead atoms. The van der Waals surface area contributed by atoms with Crippen LogP contribution in [0.3, 0.4) is 0 Å². The van der Waals surface area contributed by atoms with Crippen LogP contribution in [0.1, 0.15) is 16.7 Å². The molecule has 2 aromatic carbocycles. The number of hydrogen-bond acceptors (Lipinski definition) is 2. The van der Waals surface area contributed by atoms with Crippen molar-refractivity contribution in [3.63, 3.8) is 0 Å². The minimum absolute atomic E-state index is 0.559. The topological polar surface area (TPSA) is 35.2 Å². The Labute approximate surface area is 116 Å². The van der Waals surface area contributed by atoms with Crippen molar-refractivity contribution in [3.8, 4) is 5.75 Å². The molecule has 0 saturated heterocycles. The van der Waals surface area contributed by atoms with Crippen molar-refractivity contribution >= 4 is 21.6 Å². The first-order valence-corrected chi connectivity index (χ1v) is 6.59. The number of nitrogen functional groups attached to an aromatic ring is 1. The fourth-order valence-corrected chi connectivity index (χ4v) is 2.20. The van der Waals surface area contributed by atoms with E-state index in [1.54, 1.807) is 0 Å². The van der Waals surface area contributed by atoms with E-state index < -0.39 is 0 Å². The maximum Gasteiger partial charge on any atom is 0.123 e. The minimum atomic E-state index is 0.559. The van der Waals surface area contributed by atoms with Crippen LogP contribution in [0.2, 0.25) is 0 Å². The van der Waals surface area contributed by atoms with Gasteiger partial charge in [-0.05, 0) is 54.8 Å². The van der Waals surface area contributed by atoms with Crippen LogP contribution in [0.15, 0.2) is 40.9 Å². The van der Waals surface area contributed by atoms with Gasteiger partial charge < -0.3 is 10.5 Å². The molecule has 0 aliphatic rings. The van der Waals surface area contributed by atoms with Crippen molar-refractivity contribution in [3.05, 3.63) is 57.6 Å². The molecule has 2 nitrogen and oxygen atoms in total. The lowest BCUT2D eigenvalue weighted by Crippen LogP contribution is -1.99. The second-order valence-corrected chi connectivity index (χ2v) is 5.31. The molecule has 18 heavy (non-hydrogen) atoms. The summed E-state index contributed by atoms with van der Waals surface area (Å²) < 4.78 is 6.90. The van der Waals surface area contributed by atoms with E-state index in [1.807, 2.05) is 44.2 Å². The highest BCUT2D eigenvalue weighted by Gasteiger charge is 2.04. The van der Waals surface area contributed by atoms with Gasteiger partial charge in [0.05, 0.1) is 0 Å². The maximum atomic E-state index is 5.85. The Morgan fingerprint density at radius 2 is 1.89 bits per heavy atom. The zero-order valence-corrected chi connectivity index (χ0v) is 12.1. The molecule has 0 aromatic heterocycles. The lowest BCUT2D eigenvalue weighted by atomic mass is 10.1. The molecular weight excluding hydrogens is 290 g/mol. The summed E-state index contributed by atoms with van der Waals surface area (Å²) in [5.74, 6) is 0.890. The number of nitrogens with two attached hydrogens (primary N) is 1. The highest BCUT2D eigenvalue weighted by molar-refractivity contribution is 9.10. The second-order valence-electron chi connectivity index (χ2n) is 4.39. The molecular formula is C15H16BrNO. The van der Waals surface area contributed by atoms with E-state index in [9.17, 15) is 0 Å². The van der Waals surface area contributed by atoms with Gasteiger partial charge in [-0.1, -0.05) is 28.1 Å². The van der Waals surface area contributed by atoms with E-state index in [0.717, 1.165) is 32.6 Å². The molecule has 3 heteroatoms. The van der Waals surface area contributed by atoms with Gasteiger partial charge in [0.25, 0.3) is 0 Å². The molecule has 0 fully saturated rings. The number of benzene rings is 2. The standard InChI is InChI=1S/C15H16BrNO/c1-10-7-15(11(2)6-14(10)17)18-9-12-4-3-5-13(16)8-12/h3-8H,9,17H2,1-2H3. The van der Waals surface area contributed by atoms with Gasteiger partial charge in [0, 0.05) is 10.2 Å². The highest BCUT2D eigenvalue weighted by Crippen LogP contribution is 2.25. The number of halogens is 1. The van der Waals surface area contributed by atoms with Crippen LogP contribution >= 0.6 is 15.9 Å². The zero-order valence-electron chi connectivity index (χ0n) is 10.5. The summed E-state index contributed by atoms with van der Waals surface area (Å²) in [6.07, 6.45) is 0. The molecule has 0 radical (unpaired) electrons. The molecule has 0 aliphatic carbocycles. The summed E-state index contributed by atoms with van der Waals surface area (Å²) >= 11 is 3.45.